The van der Waals surface area contributed by atoms with Crippen molar-refractivity contribution in [1.82, 2.24) is 8.87 Å². The summed E-state index contributed by atoms with van der Waals surface area (Å²) in [5, 5.41) is 0. The molecule has 3 aromatic rings. The van der Waals surface area contributed by atoms with Gasteiger partial charge < -0.3 is 18.9 Å². The molecule has 0 N–H and O–H groups in total. The van der Waals surface area contributed by atoms with E-state index in [1.165, 1.54) is 11.4 Å². The van der Waals surface area contributed by atoms with Crippen LogP contribution in [0.5, 0.6) is 0 Å². The van der Waals surface area contributed by atoms with E-state index in [1.54, 1.807) is 35.2 Å². The lowest BCUT2D eigenvalue weighted by molar-refractivity contribution is -0.112. The average Bonchev–Trinajstić information content (AvgIpc) is 3.39. The maximum Gasteiger partial charge on any atom is 0.337 e. The number of hydrogen-bond donors (Lipinski definition) is 0. The minimum Gasteiger partial charge on any atom is -0.465 e. The number of nitrogens with zero attached hydrogens (tertiary/aromatic N) is 3. The molecule has 5 rings (SSSR count). The summed E-state index contributed by atoms with van der Waals surface area (Å²) in [5.74, 6) is -0.567. The highest BCUT2D eigenvalue weighted by molar-refractivity contribution is 7.89. The summed E-state index contributed by atoms with van der Waals surface area (Å²) in [6.45, 7) is 7.61. The minimum absolute atomic E-state index is 0.163. The third-order valence-corrected chi connectivity index (χ3v) is 9.16. The molecular weight excluding hydrogens is 518 g/mol. The minimum atomic E-state index is -3.72. The normalized spacial score (nSPS) is 17.1. The Morgan fingerprint density at radius 3 is 2.38 bits per heavy atom. The van der Waals surface area contributed by atoms with Crippen LogP contribution in [0.2, 0.25) is 0 Å². The molecule has 3 heterocycles. The molecule has 0 saturated carbocycles. The van der Waals surface area contributed by atoms with E-state index in [0.717, 1.165) is 22.6 Å². The second-order valence-electron chi connectivity index (χ2n) is 9.50. The van der Waals surface area contributed by atoms with Gasteiger partial charge in [-0.3, -0.25) is 4.79 Å². The third kappa shape index (κ3) is 4.69. The van der Waals surface area contributed by atoms with Crippen molar-refractivity contribution in [1.29, 1.82) is 0 Å². The fourth-order valence-electron chi connectivity index (χ4n) is 5.24. The number of likely N-dealkylation sites (N-methyl/N-ethyl adjacent to an activating group) is 1. The first kappa shape index (κ1) is 26.9. The standard InChI is InChI=1S/C29H31N3O6S/c1-5-31-27-11-10-24(39(35,36)30-12-14-38-15-13-30)18-25(27)26(28(31)33)17-22-16-19(2)32(20(22)3)23-8-6-21(7-9-23)29(34)37-4/h6-11,16-18H,5,12-15H2,1-4H3/b26-17-. The van der Waals surface area contributed by atoms with Crippen molar-refractivity contribution in [2.45, 2.75) is 25.7 Å². The molecule has 0 radical (unpaired) electrons. The summed E-state index contributed by atoms with van der Waals surface area (Å²) in [6, 6.07) is 14.0. The molecule has 0 unspecified atom stereocenters. The Kier molecular flexibility index (Phi) is 7.19. The predicted octanol–water partition coefficient (Wildman–Crippen LogP) is 3.81. The predicted molar refractivity (Wildman–Crippen MR) is 149 cm³/mol. The molecule has 1 aromatic heterocycles. The second-order valence-corrected chi connectivity index (χ2v) is 11.4. The summed E-state index contributed by atoms with van der Waals surface area (Å²) in [6.07, 6.45) is 1.84. The number of esters is 1. The van der Waals surface area contributed by atoms with Crippen LogP contribution in [0.1, 0.15) is 39.8 Å². The highest BCUT2D eigenvalue weighted by Gasteiger charge is 2.34. The van der Waals surface area contributed by atoms with E-state index in [4.69, 9.17) is 9.47 Å². The Balaban J connectivity index is 1.56. The first-order valence-electron chi connectivity index (χ1n) is 12.8. The summed E-state index contributed by atoms with van der Waals surface area (Å²) in [5.41, 5.74) is 5.78. The zero-order valence-electron chi connectivity index (χ0n) is 22.4. The number of anilines is 1. The summed E-state index contributed by atoms with van der Waals surface area (Å²) < 4.78 is 40.3. The topological polar surface area (TPSA) is 98.2 Å². The number of benzene rings is 2. The van der Waals surface area contributed by atoms with Crippen LogP contribution < -0.4 is 4.90 Å². The maximum atomic E-state index is 13.5. The van der Waals surface area contributed by atoms with E-state index in [2.05, 4.69) is 0 Å². The number of rotatable bonds is 6. The van der Waals surface area contributed by atoms with Gasteiger partial charge in [-0.1, -0.05) is 0 Å². The number of carbonyl (C=O) groups is 2. The van der Waals surface area contributed by atoms with Crippen LogP contribution in [-0.2, 0) is 24.3 Å². The molecule has 1 amide bonds. The van der Waals surface area contributed by atoms with Crippen LogP contribution in [0.4, 0.5) is 5.69 Å². The van der Waals surface area contributed by atoms with E-state index in [9.17, 15) is 18.0 Å². The SMILES string of the molecule is CCN1C(=O)/C(=C\c2cc(C)n(-c3ccc(C(=O)OC)cc3)c2C)c2cc(S(=O)(=O)N3CCOCC3)ccc21. The van der Waals surface area contributed by atoms with Crippen molar-refractivity contribution in [3.05, 3.63) is 76.6 Å². The van der Waals surface area contributed by atoms with Crippen LogP contribution in [0, 0.1) is 13.8 Å². The van der Waals surface area contributed by atoms with Gasteiger partial charge in [-0.05, 0) is 80.9 Å². The molecule has 10 heteroatoms. The van der Waals surface area contributed by atoms with Crippen LogP contribution in [0.15, 0.2) is 53.4 Å². The zero-order valence-corrected chi connectivity index (χ0v) is 23.2. The highest BCUT2D eigenvalue weighted by atomic mass is 32.2. The molecule has 0 atom stereocenters. The van der Waals surface area contributed by atoms with Gasteiger partial charge in [0.05, 0.1) is 36.5 Å². The van der Waals surface area contributed by atoms with Crippen molar-refractivity contribution in [2.75, 3.05) is 44.9 Å². The van der Waals surface area contributed by atoms with Crippen LogP contribution in [0.3, 0.4) is 0 Å². The lowest BCUT2D eigenvalue weighted by Crippen LogP contribution is -2.40. The number of sulfonamides is 1. The van der Waals surface area contributed by atoms with Crippen molar-refractivity contribution in [3.63, 3.8) is 0 Å². The molecule has 2 aliphatic rings. The van der Waals surface area contributed by atoms with Crippen LogP contribution in [0.25, 0.3) is 17.3 Å². The van der Waals surface area contributed by atoms with Gasteiger partial charge in [-0.2, -0.15) is 4.31 Å². The Morgan fingerprint density at radius 2 is 1.74 bits per heavy atom. The Bertz CT molecular complexity index is 1580. The lowest BCUT2D eigenvalue weighted by Gasteiger charge is -2.26. The van der Waals surface area contributed by atoms with E-state index < -0.39 is 16.0 Å². The van der Waals surface area contributed by atoms with Gasteiger partial charge >= 0.3 is 5.97 Å². The van der Waals surface area contributed by atoms with Gasteiger partial charge in [-0.15, -0.1) is 0 Å². The van der Waals surface area contributed by atoms with Gasteiger partial charge in [0.25, 0.3) is 5.91 Å². The molecular formula is C29H31N3O6S. The van der Waals surface area contributed by atoms with Gasteiger partial charge in [0, 0.05) is 47.8 Å². The largest absolute Gasteiger partial charge is 0.465 e. The van der Waals surface area contributed by atoms with Crippen LogP contribution in [-0.4, -0.2) is 69.1 Å². The number of methoxy groups -OCH3 is 1. The summed E-state index contributed by atoms with van der Waals surface area (Å²) in [4.78, 5) is 27.2. The molecule has 0 bridgehead atoms. The number of morpholine rings is 1. The molecule has 0 spiro atoms. The Labute approximate surface area is 228 Å². The number of carbonyl (C=O) groups excluding carboxylic acids is 2. The monoisotopic (exact) mass is 549 g/mol. The van der Waals surface area contributed by atoms with Crippen molar-refractivity contribution < 1.29 is 27.5 Å². The zero-order chi connectivity index (χ0) is 27.9. The van der Waals surface area contributed by atoms with Crippen molar-refractivity contribution in [3.8, 4) is 5.69 Å². The first-order valence-corrected chi connectivity index (χ1v) is 14.2. The maximum absolute atomic E-state index is 13.5. The molecule has 9 nitrogen and oxygen atoms in total. The number of amides is 1. The second kappa shape index (κ2) is 10.4. The van der Waals surface area contributed by atoms with Crippen LogP contribution >= 0.6 is 0 Å². The number of aryl methyl sites for hydroxylation is 1. The van der Waals surface area contributed by atoms with Crippen molar-refractivity contribution >= 4 is 39.2 Å². The van der Waals surface area contributed by atoms with Gasteiger partial charge in [0.15, 0.2) is 0 Å². The number of ether oxygens (including phenoxy) is 2. The first-order chi connectivity index (χ1) is 18.7. The Morgan fingerprint density at radius 1 is 1.05 bits per heavy atom. The third-order valence-electron chi connectivity index (χ3n) is 7.27. The number of hydrogen-bond acceptors (Lipinski definition) is 6. The molecule has 39 heavy (non-hydrogen) atoms. The quantitative estimate of drug-likeness (QED) is 0.343. The lowest BCUT2D eigenvalue weighted by atomic mass is 10.0. The van der Waals surface area contributed by atoms with Crippen molar-refractivity contribution in [2.24, 2.45) is 0 Å². The summed E-state index contributed by atoms with van der Waals surface area (Å²) in [7, 11) is -2.37. The fourth-order valence-corrected chi connectivity index (χ4v) is 6.67. The number of aromatic nitrogens is 1. The number of fused-ring (bicyclic) bond motifs is 1. The van der Waals surface area contributed by atoms with E-state index in [0.29, 0.717) is 55.2 Å². The van der Waals surface area contributed by atoms with Gasteiger partial charge in [0.2, 0.25) is 10.0 Å². The molecule has 2 aliphatic heterocycles. The van der Waals surface area contributed by atoms with Gasteiger partial charge in [0.1, 0.15) is 0 Å². The highest BCUT2D eigenvalue weighted by Crippen LogP contribution is 2.40. The van der Waals surface area contributed by atoms with E-state index >= 15 is 0 Å². The average molecular weight is 550 g/mol. The summed E-state index contributed by atoms with van der Waals surface area (Å²) >= 11 is 0. The molecule has 204 valence electrons. The molecule has 1 fully saturated rings. The fraction of sp³-hybridized carbons (Fsp3) is 0.310. The molecule has 2 aromatic carbocycles. The van der Waals surface area contributed by atoms with E-state index in [-0.39, 0.29) is 10.8 Å². The molecule has 1 saturated heterocycles. The Hall–Kier alpha value is -3.73. The smallest absolute Gasteiger partial charge is 0.337 e. The molecule has 0 aliphatic carbocycles. The van der Waals surface area contributed by atoms with Gasteiger partial charge in [-0.25, -0.2) is 13.2 Å². The van der Waals surface area contributed by atoms with E-state index in [1.807, 2.05) is 49.6 Å².